The van der Waals surface area contributed by atoms with Crippen molar-refractivity contribution in [3.63, 3.8) is 0 Å². The van der Waals surface area contributed by atoms with Crippen molar-refractivity contribution in [2.45, 2.75) is 26.7 Å². The first-order valence-electron chi connectivity index (χ1n) is 7.81. The molecule has 3 rings (SSSR count). The average Bonchev–Trinajstić information content (AvgIpc) is 2.99. The van der Waals surface area contributed by atoms with E-state index in [-0.39, 0.29) is 18.8 Å². The highest BCUT2D eigenvalue weighted by atomic mass is 35.5. The number of halogens is 1. The number of fused-ring (bicyclic) bond motifs is 1. The molecule has 0 saturated heterocycles. The van der Waals surface area contributed by atoms with Gasteiger partial charge in [-0.2, -0.15) is 0 Å². The molecule has 0 aliphatic carbocycles. The van der Waals surface area contributed by atoms with Crippen molar-refractivity contribution in [3.05, 3.63) is 41.0 Å². The van der Waals surface area contributed by atoms with Gasteiger partial charge in [-0.05, 0) is 37.0 Å². The van der Waals surface area contributed by atoms with Crippen molar-refractivity contribution in [1.29, 1.82) is 0 Å². The van der Waals surface area contributed by atoms with E-state index >= 15 is 0 Å². The first-order valence-corrected chi connectivity index (χ1v) is 8.69. The lowest BCUT2D eigenvalue weighted by molar-refractivity contribution is -0.137. The fourth-order valence-corrected chi connectivity index (χ4v) is 3.49. The molecule has 0 radical (unpaired) electrons. The molecule has 0 amide bonds. The number of hydrogen-bond donors (Lipinski definition) is 2. The summed E-state index contributed by atoms with van der Waals surface area (Å²) in [5, 5.41) is 15.1. The molecule has 5 nitrogen and oxygen atoms in total. The summed E-state index contributed by atoms with van der Waals surface area (Å²) in [4.78, 5) is 20.3. The summed E-state index contributed by atoms with van der Waals surface area (Å²) >= 11 is 1.59. The number of hydrogen-bond acceptors (Lipinski definition) is 5. The van der Waals surface area contributed by atoms with Gasteiger partial charge in [-0.25, -0.2) is 9.97 Å². The van der Waals surface area contributed by atoms with Crippen LogP contribution in [0.1, 0.15) is 24.0 Å². The Labute approximate surface area is 156 Å². The quantitative estimate of drug-likeness (QED) is 0.610. The highest BCUT2D eigenvalue weighted by molar-refractivity contribution is 7.17. The zero-order chi connectivity index (χ0) is 17.1. The number of carboxylic acids is 1. The maximum atomic E-state index is 10.6. The van der Waals surface area contributed by atoms with E-state index in [1.807, 2.05) is 0 Å². The fourth-order valence-electron chi connectivity index (χ4n) is 2.58. The SMILES string of the molecule is Cc1ccc(-c2csc3ncnc(NCCCC(=O)O)c23)cc1C.Cl. The minimum absolute atomic E-state index is 0. The molecule has 0 spiro atoms. The van der Waals surface area contributed by atoms with Gasteiger partial charge in [0.25, 0.3) is 0 Å². The standard InChI is InChI=1S/C18H19N3O2S.ClH/c1-11-5-6-13(8-12(11)2)14-9-24-18-16(14)17(20-10-21-18)19-7-3-4-15(22)23;/h5-6,8-10H,3-4,7H2,1-2H3,(H,22,23)(H,19,20,21);1H. The minimum Gasteiger partial charge on any atom is -0.481 e. The molecule has 0 fully saturated rings. The number of benzene rings is 1. The molecule has 2 heterocycles. The van der Waals surface area contributed by atoms with Crippen LogP contribution in [-0.4, -0.2) is 27.6 Å². The van der Waals surface area contributed by atoms with E-state index in [4.69, 9.17) is 5.11 Å². The van der Waals surface area contributed by atoms with Gasteiger partial charge in [0.15, 0.2) is 0 Å². The summed E-state index contributed by atoms with van der Waals surface area (Å²) in [5.41, 5.74) is 4.77. The number of aryl methyl sites for hydroxylation is 2. The Morgan fingerprint density at radius 2 is 2.04 bits per heavy atom. The molecule has 0 aliphatic rings. The monoisotopic (exact) mass is 377 g/mol. The van der Waals surface area contributed by atoms with E-state index < -0.39 is 5.97 Å². The van der Waals surface area contributed by atoms with E-state index in [0.29, 0.717) is 13.0 Å². The van der Waals surface area contributed by atoms with E-state index in [9.17, 15) is 4.79 Å². The number of thiophene rings is 1. The van der Waals surface area contributed by atoms with Crippen LogP contribution >= 0.6 is 23.7 Å². The molecular formula is C18H20ClN3O2S. The van der Waals surface area contributed by atoms with E-state index in [1.54, 1.807) is 17.7 Å². The lowest BCUT2D eigenvalue weighted by Gasteiger charge is -2.09. The molecule has 3 aromatic rings. The van der Waals surface area contributed by atoms with Crippen molar-refractivity contribution >= 4 is 45.7 Å². The Kier molecular flexibility index (Phi) is 6.33. The first kappa shape index (κ1) is 19.1. The molecule has 1 aromatic carbocycles. The summed E-state index contributed by atoms with van der Waals surface area (Å²) in [5.74, 6) is -0.0177. The van der Waals surface area contributed by atoms with E-state index in [0.717, 1.165) is 27.2 Å². The zero-order valence-corrected chi connectivity index (χ0v) is 15.7. The summed E-state index contributed by atoms with van der Waals surface area (Å²) in [6, 6.07) is 6.42. The summed E-state index contributed by atoms with van der Waals surface area (Å²) in [6.45, 7) is 4.78. The second-order valence-electron chi connectivity index (χ2n) is 5.77. The number of aliphatic carboxylic acids is 1. The first-order chi connectivity index (χ1) is 11.6. The van der Waals surface area contributed by atoms with E-state index in [2.05, 4.69) is 52.7 Å². The summed E-state index contributed by atoms with van der Waals surface area (Å²) in [6.07, 6.45) is 2.25. The number of anilines is 1. The highest BCUT2D eigenvalue weighted by Crippen LogP contribution is 2.37. The second-order valence-corrected chi connectivity index (χ2v) is 6.63. The van der Waals surface area contributed by atoms with Crippen LogP contribution in [0, 0.1) is 13.8 Å². The third kappa shape index (κ3) is 4.27. The average molecular weight is 378 g/mol. The Hall–Kier alpha value is -2.18. The lowest BCUT2D eigenvalue weighted by atomic mass is 10.0. The zero-order valence-electron chi connectivity index (χ0n) is 14.1. The predicted octanol–water partition coefficient (Wildman–Crippen LogP) is 4.67. The molecule has 2 N–H and O–H groups in total. The number of aromatic nitrogens is 2. The molecule has 7 heteroatoms. The van der Waals surface area contributed by atoms with Crippen LogP contribution in [0.15, 0.2) is 29.9 Å². The van der Waals surface area contributed by atoms with E-state index in [1.165, 1.54) is 11.1 Å². The topological polar surface area (TPSA) is 75.1 Å². The number of nitrogens with zero attached hydrogens (tertiary/aromatic N) is 2. The fraction of sp³-hybridized carbons (Fsp3) is 0.278. The smallest absolute Gasteiger partial charge is 0.303 e. The Balaban J connectivity index is 0.00000225. The van der Waals surface area contributed by atoms with Crippen LogP contribution in [0.3, 0.4) is 0 Å². The number of carbonyl (C=O) groups is 1. The van der Waals surface area contributed by atoms with Gasteiger partial charge in [-0.3, -0.25) is 4.79 Å². The van der Waals surface area contributed by atoms with Crippen LogP contribution in [-0.2, 0) is 4.79 Å². The van der Waals surface area contributed by atoms with Crippen LogP contribution in [0.2, 0.25) is 0 Å². The van der Waals surface area contributed by atoms with Crippen molar-refractivity contribution in [1.82, 2.24) is 9.97 Å². The highest BCUT2D eigenvalue weighted by Gasteiger charge is 2.13. The summed E-state index contributed by atoms with van der Waals surface area (Å²) < 4.78 is 0. The van der Waals surface area contributed by atoms with Crippen molar-refractivity contribution in [3.8, 4) is 11.1 Å². The molecule has 0 saturated carbocycles. The molecule has 25 heavy (non-hydrogen) atoms. The van der Waals surface area contributed by atoms with Gasteiger partial charge in [-0.1, -0.05) is 18.2 Å². The van der Waals surface area contributed by atoms with Crippen LogP contribution in [0.4, 0.5) is 5.82 Å². The Morgan fingerprint density at radius 3 is 2.76 bits per heavy atom. The largest absolute Gasteiger partial charge is 0.481 e. The molecule has 0 unspecified atom stereocenters. The van der Waals surface area contributed by atoms with Gasteiger partial charge in [0.1, 0.15) is 17.0 Å². The van der Waals surface area contributed by atoms with Crippen molar-refractivity contribution < 1.29 is 9.90 Å². The van der Waals surface area contributed by atoms with Gasteiger partial charge in [0.05, 0.1) is 5.39 Å². The summed E-state index contributed by atoms with van der Waals surface area (Å²) in [7, 11) is 0. The molecule has 0 aliphatic heterocycles. The maximum absolute atomic E-state index is 10.6. The normalized spacial score (nSPS) is 10.5. The van der Waals surface area contributed by atoms with Crippen molar-refractivity contribution in [2.75, 3.05) is 11.9 Å². The third-order valence-corrected chi connectivity index (χ3v) is 4.93. The van der Waals surface area contributed by atoms with Crippen LogP contribution in [0.5, 0.6) is 0 Å². The minimum atomic E-state index is -0.781. The van der Waals surface area contributed by atoms with Crippen LogP contribution < -0.4 is 5.32 Å². The molecule has 0 bridgehead atoms. The number of rotatable bonds is 6. The lowest BCUT2D eigenvalue weighted by Crippen LogP contribution is -2.06. The number of carboxylic acid groups (broad SMARTS) is 1. The molecule has 132 valence electrons. The van der Waals surface area contributed by atoms with Gasteiger partial charge in [0, 0.05) is 23.9 Å². The van der Waals surface area contributed by atoms with Gasteiger partial charge < -0.3 is 10.4 Å². The van der Waals surface area contributed by atoms with Gasteiger partial charge in [-0.15, -0.1) is 23.7 Å². The van der Waals surface area contributed by atoms with Gasteiger partial charge >= 0.3 is 5.97 Å². The Morgan fingerprint density at radius 1 is 1.24 bits per heavy atom. The molecular weight excluding hydrogens is 358 g/mol. The molecule has 2 aromatic heterocycles. The predicted molar refractivity (Wildman–Crippen MR) is 105 cm³/mol. The van der Waals surface area contributed by atoms with Gasteiger partial charge in [0.2, 0.25) is 0 Å². The molecule has 0 atom stereocenters. The second kappa shape index (κ2) is 8.27. The Bertz CT molecular complexity index is 895. The van der Waals surface area contributed by atoms with Crippen molar-refractivity contribution in [2.24, 2.45) is 0 Å². The maximum Gasteiger partial charge on any atom is 0.303 e. The number of nitrogens with one attached hydrogen (secondary N) is 1. The third-order valence-electron chi connectivity index (χ3n) is 4.05. The van der Waals surface area contributed by atoms with Crippen LogP contribution in [0.25, 0.3) is 21.3 Å².